The predicted octanol–water partition coefficient (Wildman–Crippen LogP) is 1.66. The first kappa shape index (κ1) is 22.5. The van der Waals surface area contributed by atoms with E-state index >= 15 is 0 Å². The molecule has 0 saturated carbocycles. The Bertz CT molecular complexity index is 1070. The quantitative estimate of drug-likeness (QED) is 0.468. The molecule has 3 aromatic rings. The predicted molar refractivity (Wildman–Crippen MR) is 109 cm³/mol. The Morgan fingerprint density at radius 1 is 1.09 bits per heavy atom. The monoisotopic (exact) mass is 441 g/mol. The molecule has 0 saturated heterocycles. The largest absolute Gasteiger partial charge is 0.456 e. The third-order valence-electron chi connectivity index (χ3n) is 4.28. The number of hydrogen-bond donors (Lipinski definition) is 1. The molecule has 0 aliphatic heterocycles. The van der Waals surface area contributed by atoms with Crippen LogP contribution in [0.5, 0.6) is 0 Å². The number of carbonyl (C=O) groups is 3. The Morgan fingerprint density at radius 2 is 1.88 bits per heavy atom. The molecule has 2 heterocycles. The van der Waals surface area contributed by atoms with E-state index in [-0.39, 0.29) is 31.7 Å². The number of amides is 2. The van der Waals surface area contributed by atoms with Crippen molar-refractivity contribution in [2.24, 2.45) is 5.73 Å². The van der Waals surface area contributed by atoms with E-state index in [0.717, 1.165) is 0 Å². The van der Waals surface area contributed by atoms with E-state index in [1.54, 1.807) is 24.4 Å². The molecule has 3 rings (SSSR count). The molecule has 0 aliphatic carbocycles. The molecular formula is C21H20FN5O5. The lowest BCUT2D eigenvalue weighted by Gasteiger charge is -2.22. The molecule has 2 amide bonds. The maximum atomic E-state index is 13.2. The Labute approximate surface area is 182 Å². The minimum atomic E-state index is -0.648. The van der Waals surface area contributed by atoms with Gasteiger partial charge in [0.05, 0.1) is 6.42 Å². The number of aromatic nitrogens is 3. The molecule has 10 nitrogen and oxygen atoms in total. The van der Waals surface area contributed by atoms with Gasteiger partial charge < -0.3 is 19.9 Å². The van der Waals surface area contributed by atoms with Crippen molar-refractivity contribution in [3.63, 3.8) is 0 Å². The van der Waals surface area contributed by atoms with Crippen molar-refractivity contribution in [1.82, 2.24) is 15.1 Å². The molecule has 0 atom stereocenters. The van der Waals surface area contributed by atoms with E-state index in [9.17, 15) is 18.8 Å². The standard InChI is InChI=1S/C21H20FN5O5/c22-14-4-6-15(7-5-14)27(12-10-17(23)28)19(29)13-31-20(30)9-8-18-25-21(26-32-18)16-3-1-2-11-24-16/h1-7,11H,8-10,12-13H2,(H2,23,28). The van der Waals surface area contributed by atoms with Crippen molar-refractivity contribution in [2.75, 3.05) is 18.1 Å². The molecule has 32 heavy (non-hydrogen) atoms. The first-order chi connectivity index (χ1) is 15.4. The highest BCUT2D eigenvalue weighted by Gasteiger charge is 2.19. The van der Waals surface area contributed by atoms with Gasteiger partial charge in [-0.25, -0.2) is 4.39 Å². The van der Waals surface area contributed by atoms with Crippen LogP contribution in [0.15, 0.2) is 53.2 Å². The van der Waals surface area contributed by atoms with Crippen LogP contribution in [0.2, 0.25) is 0 Å². The topological polar surface area (TPSA) is 142 Å². The maximum Gasteiger partial charge on any atom is 0.306 e. The summed E-state index contributed by atoms with van der Waals surface area (Å²) in [6.07, 6.45) is 1.52. The van der Waals surface area contributed by atoms with Crippen molar-refractivity contribution in [2.45, 2.75) is 19.3 Å². The van der Waals surface area contributed by atoms with Gasteiger partial charge in [0.2, 0.25) is 17.6 Å². The van der Waals surface area contributed by atoms with Gasteiger partial charge in [-0.15, -0.1) is 0 Å². The Balaban J connectivity index is 1.52. The number of ether oxygens (including phenoxy) is 1. The summed E-state index contributed by atoms with van der Waals surface area (Å²) >= 11 is 0. The smallest absolute Gasteiger partial charge is 0.306 e. The Morgan fingerprint density at radius 3 is 2.56 bits per heavy atom. The van der Waals surface area contributed by atoms with E-state index in [0.29, 0.717) is 17.2 Å². The Hall–Kier alpha value is -4.15. The number of esters is 1. The Kier molecular flexibility index (Phi) is 7.57. The number of pyridine rings is 1. The summed E-state index contributed by atoms with van der Waals surface area (Å²) in [6, 6.07) is 10.4. The summed E-state index contributed by atoms with van der Waals surface area (Å²) < 4.78 is 23.3. The summed E-state index contributed by atoms with van der Waals surface area (Å²) in [5.41, 5.74) is 6.04. The van der Waals surface area contributed by atoms with Gasteiger partial charge in [0.1, 0.15) is 11.5 Å². The second-order valence-corrected chi connectivity index (χ2v) is 6.63. The molecular weight excluding hydrogens is 421 g/mol. The maximum absolute atomic E-state index is 13.2. The SMILES string of the molecule is NC(=O)CCN(C(=O)COC(=O)CCc1nc(-c2ccccn2)no1)c1ccc(F)cc1. The zero-order valence-electron chi connectivity index (χ0n) is 16.9. The van der Waals surface area contributed by atoms with Crippen LogP contribution in [0.25, 0.3) is 11.5 Å². The number of carbonyl (C=O) groups excluding carboxylic acids is 3. The minimum Gasteiger partial charge on any atom is -0.456 e. The van der Waals surface area contributed by atoms with Gasteiger partial charge in [0.15, 0.2) is 6.61 Å². The molecule has 0 spiro atoms. The lowest BCUT2D eigenvalue weighted by atomic mass is 10.2. The summed E-state index contributed by atoms with van der Waals surface area (Å²) in [5.74, 6) is -1.79. The van der Waals surface area contributed by atoms with E-state index in [2.05, 4.69) is 15.1 Å². The van der Waals surface area contributed by atoms with Gasteiger partial charge in [0.25, 0.3) is 5.91 Å². The lowest BCUT2D eigenvalue weighted by molar-refractivity contribution is -0.147. The summed E-state index contributed by atoms with van der Waals surface area (Å²) in [4.78, 5) is 45.2. The van der Waals surface area contributed by atoms with Gasteiger partial charge in [0, 0.05) is 31.3 Å². The fraction of sp³-hybridized carbons (Fsp3) is 0.238. The second kappa shape index (κ2) is 10.8. The van der Waals surface area contributed by atoms with E-state index in [1.165, 1.54) is 29.2 Å². The normalized spacial score (nSPS) is 10.5. The summed E-state index contributed by atoms with van der Waals surface area (Å²) in [7, 11) is 0. The molecule has 1 aromatic carbocycles. The zero-order valence-corrected chi connectivity index (χ0v) is 16.9. The molecule has 0 radical (unpaired) electrons. The molecule has 0 bridgehead atoms. The third kappa shape index (κ3) is 6.42. The van der Waals surface area contributed by atoms with Crippen molar-refractivity contribution >= 4 is 23.5 Å². The first-order valence-electron chi connectivity index (χ1n) is 9.66. The highest BCUT2D eigenvalue weighted by molar-refractivity contribution is 5.95. The van der Waals surface area contributed by atoms with Crippen molar-refractivity contribution in [1.29, 1.82) is 0 Å². The van der Waals surface area contributed by atoms with Gasteiger partial charge in [-0.1, -0.05) is 11.2 Å². The summed E-state index contributed by atoms with van der Waals surface area (Å²) in [6.45, 7) is -0.590. The number of rotatable bonds is 10. The van der Waals surface area contributed by atoms with Crippen LogP contribution >= 0.6 is 0 Å². The second-order valence-electron chi connectivity index (χ2n) is 6.63. The van der Waals surface area contributed by atoms with Crippen LogP contribution in [0.4, 0.5) is 10.1 Å². The van der Waals surface area contributed by atoms with Crippen LogP contribution in [-0.4, -0.2) is 46.1 Å². The van der Waals surface area contributed by atoms with Gasteiger partial charge >= 0.3 is 5.97 Å². The van der Waals surface area contributed by atoms with Crippen molar-refractivity contribution in [3.8, 4) is 11.5 Å². The van der Waals surface area contributed by atoms with Gasteiger partial charge in [-0.05, 0) is 36.4 Å². The molecule has 0 unspecified atom stereocenters. The number of primary amides is 1. The molecule has 2 N–H and O–H groups in total. The van der Waals surface area contributed by atoms with Crippen LogP contribution in [0.1, 0.15) is 18.7 Å². The fourth-order valence-corrected chi connectivity index (χ4v) is 2.70. The van der Waals surface area contributed by atoms with Crippen LogP contribution in [-0.2, 0) is 25.5 Å². The lowest BCUT2D eigenvalue weighted by Crippen LogP contribution is -2.37. The van der Waals surface area contributed by atoms with Crippen molar-refractivity contribution < 1.29 is 28.0 Å². The van der Waals surface area contributed by atoms with Crippen molar-refractivity contribution in [3.05, 3.63) is 60.4 Å². The van der Waals surface area contributed by atoms with E-state index in [1.807, 2.05) is 0 Å². The van der Waals surface area contributed by atoms with Gasteiger partial charge in [-0.3, -0.25) is 19.4 Å². The number of nitrogens with zero attached hydrogens (tertiary/aromatic N) is 4. The number of aryl methyl sites for hydroxylation is 1. The molecule has 166 valence electrons. The summed E-state index contributed by atoms with van der Waals surface area (Å²) in [5, 5.41) is 3.81. The van der Waals surface area contributed by atoms with Crippen LogP contribution < -0.4 is 10.6 Å². The molecule has 0 fully saturated rings. The zero-order chi connectivity index (χ0) is 22.9. The first-order valence-corrected chi connectivity index (χ1v) is 9.66. The molecule has 0 aliphatic rings. The molecule has 11 heteroatoms. The highest BCUT2D eigenvalue weighted by atomic mass is 19.1. The van der Waals surface area contributed by atoms with Crippen LogP contribution in [0, 0.1) is 5.82 Å². The minimum absolute atomic E-state index is 0.0321. The number of benzene rings is 1. The number of anilines is 1. The fourth-order valence-electron chi connectivity index (χ4n) is 2.70. The van der Waals surface area contributed by atoms with E-state index < -0.39 is 30.2 Å². The average molecular weight is 441 g/mol. The number of halogens is 1. The van der Waals surface area contributed by atoms with E-state index in [4.69, 9.17) is 15.0 Å². The number of nitrogens with two attached hydrogens (primary N) is 1. The van der Waals surface area contributed by atoms with Crippen LogP contribution in [0.3, 0.4) is 0 Å². The third-order valence-corrected chi connectivity index (χ3v) is 4.28. The number of hydrogen-bond acceptors (Lipinski definition) is 8. The van der Waals surface area contributed by atoms with Gasteiger partial charge in [-0.2, -0.15) is 4.98 Å². The molecule has 2 aromatic heterocycles. The highest BCUT2D eigenvalue weighted by Crippen LogP contribution is 2.16. The average Bonchev–Trinajstić information content (AvgIpc) is 3.27.